The van der Waals surface area contributed by atoms with Crippen molar-refractivity contribution < 1.29 is 19.4 Å². The molecule has 2 rings (SSSR count). The minimum absolute atomic E-state index is 0.201. The van der Waals surface area contributed by atoms with Crippen molar-refractivity contribution in [2.45, 2.75) is 6.61 Å². The van der Waals surface area contributed by atoms with Gasteiger partial charge in [-0.15, -0.1) is 0 Å². The first-order valence-electron chi connectivity index (χ1n) is 6.76. The van der Waals surface area contributed by atoms with Gasteiger partial charge in [0.1, 0.15) is 6.61 Å². The third-order valence-electron chi connectivity index (χ3n) is 3.09. The monoisotopic (exact) mass is 386 g/mol. The van der Waals surface area contributed by atoms with E-state index in [0.717, 1.165) is 11.6 Å². The highest BCUT2D eigenvalue weighted by molar-refractivity contribution is 6.35. The maximum atomic E-state index is 10.6. The van der Waals surface area contributed by atoms with E-state index in [1.54, 1.807) is 30.3 Å². The lowest BCUT2D eigenvalue weighted by atomic mass is 10.2. The molecule has 0 fully saturated rings. The Labute approximate surface area is 154 Å². The van der Waals surface area contributed by atoms with Crippen LogP contribution in [0.5, 0.6) is 11.5 Å². The number of carboxylic acids is 1. The molecule has 1 N–H and O–H groups in total. The molecule has 24 heavy (non-hydrogen) atoms. The first-order chi connectivity index (χ1) is 11.4. The van der Waals surface area contributed by atoms with Crippen molar-refractivity contribution in [1.29, 1.82) is 0 Å². The van der Waals surface area contributed by atoms with Crippen LogP contribution in [0.15, 0.2) is 36.4 Å². The number of benzene rings is 2. The average molecular weight is 388 g/mol. The van der Waals surface area contributed by atoms with Gasteiger partial charge in [0.15, 0.2) is 11.5 Å². The molecule has 0 atom stereocenters. The van der Waals surface area contributed by atoms with Crippen LogP contribution in [0.25, 0.3) is 6.08 Å². The van der Waals surface area contributed by atoms with Crippen molar-refractivity contribution in [1.82, 2.24) is 0 Å². The fourth-order valence-corrected chi connectivity index (χ4v) is 2.59. The van der Waals surface area contributed by atoms with Gasteiger partial charge in [-0.05, 0) is 29.8 Å². The van der Waals surface area contributed by atoms with Crippen LogP contribution in [0.1, 0.15) is 11.1 Å². The molecule has 0 aromatic heterocycles. The number of halogens is 3. The number of ether oxygens (including phenoxy) is 2. The lowest BCUT2D eigenvalue weighted by Crippen LogP contribution is -1.99. The predicted octanol–water partition coefficient (Wildman–Crippen LogP) is 5.33. The Morgan fingerprint density at radius 1 is 1.12 bits per heavy atom. The molecule has 7 heteroatoms. The molecule has 0 saturated heterocycles. The third-order valence-corrected chi connectivity index (χ3v) is 4.00. The van der Waals surface area contributed by atoms with Gasteiger partial charge in [-0.2, -0.15) is 0 Å². The zero-order valence-corrected chi connectivity index (χ0v) is 14.8. The molecule has 0 unspecified atom stereocenters. The second kappa shape index (κ2) is 8.29. The van der Waals surface area contributed by atoms with Crippen LogP contribution < -0.4 is 9.47 Å². The Morgan fingerprint density at radius 2 is 1.88 bits per heavy atom. The summed E-state index contributed by atoms with van der Waals surface area (Å²) in [7, 11) is 1.48. The summed E-state index contributed by atoms with van der Waals surface area (Å²) in [6.07, 6.45) is 2.38. The quantitative estimate of drug-likeness (QED) is 0.680. The van der Waals surface area contributed by atoms with Gasteiger partial charge in [0.05, 0.1) is 12.1 Å². The molecule has 2 aromatic carbocycles. The highest BCUT2D eigenvalue weighted by Crippen LogP contribution is 2.35. The molecule has 0 aliphatic carbocycles. The van der Waals surface area contributed by atoms with E-state index in [4.69, 9.17) is 49.4 Å². The van der Waals surface area contributed by atoms with Crippen LogP contribution >= 0.6 is 34.8 Å². The zero-order chi connectivity index (χ0) is 17.7. The first-order valence-corrected chi connectivity index (χ1v) is 7.89. The van der Waals surface area contributed by atoms with Crippen LogP contribution in [0, 0.1) is 0 Å². The van der Waals surface area contributed by atoms with Crippen molar-refractivity contribution in [2.24, 2.45) is 0 Å². The number of rotatable bonds is 6. The van der Waals surface area contributed by atoms with Crippen LogP contribution in [0.2, 0.25) is 15.1 Å². The van der Waals surface area contributed by atoms with Crippen LogP contribution in [0.3, 0.4) is 0 Å². The van der Waals surface area contributed by atoms with Crippen molar-refractivity contribution in [3.63, 3.8) is 0 Å². The van der Waals surface area contributed by atoms with Gasteiger partial charge in [-0.25, -0.2) is 4.79 Å². The van der Waals surface area contributed by atoms with Gasteiger partial charge in [0, 0.05) is 27.8 Å². The molecule has 0 amide bonds. The molecule has 0 saturated carbocycles. The van der Waals surface area contributed by atoms with Gasteiger partial charge < -0.3 is 14.6 Å². The average Bonchev–Trinajstić information content (AvgIpc) is 2.53. The van der Waals surface area contributed by atoms with Crippen LogP contribution in [0.4, 0.5) is 0 Å². The maximum Gasteiger partial charge on any atom is 0.328 e. The molecule has 0 aliphatic rings. The van der Waals surface area contributed by atoms with Gasteiger partial charge in [-0.3, -0.25) is 0 Å². The first kappa shape index (κ1) is 18.5. The summed E-state index contributed by atoms with van der Waals surface area (Å²) in [5.74, 6) is -0.224. The number of hydrogen-bond acceptors (Lipinski definition) is 3. The van der Waals surface area contributed by atoms with E-state index in [2.05, 4.69) is 0 Å². The molecule has 0 bridgehead atoms. The van der Waals surface area contributed by atoms with Crippen molar-refractivity contribution in [2.75, 3.05) is 7.11 Å². The Morgan fingerprint density at radius 3 is 2.50 bits per heavy atom. The molecule has 0 heterocycles. The fourth-order valence-electron chi connectivity index (χ4n) is 1.91. The number of aliphatic carboxylic acids is 1. The van der Waals surface area contributed by atoms with E-state index in [-0.39, 0.29) is 6.61 Å². The van der Waals surface area contributed by atoms with E-state index in [1.807, 2.05) is 0 Å². The molecule has 2 aromatic rings. The van der Waals surface area contributed by atoms with E-state index in [0.29, 0.717) is 32.1 Å². The maximum absolute atomic E-state index is 10.6. The molecule has 0 radical (unpaired) electrons. The molecule has 0 spiro atoms. The Balaban J connectivity index is 2.23. The summed E-state index contributed by atoms with van der Waals surface area (Å²) >= 11 is 18.1. The van der Waals surface area contributed by atoms with Crippen molar-refractivity contribution in [3.05, 3.63) is 62.6 Å². The summed E-state index contributed by atoms with van der Waals surface area (Å²) in [5.41, 5.74) is 1.27. The molecule has 4 nitrogen and oxygen atoms in total. The fraction of sp³-hybridized carbons (Fsp3) is 0.118. The van der Waals surface area contributed by atoms with Gasteiger partial charge in [-0.1, -0.05) is 40.9 Å². The molecular formula is C17H13Cl3O4. The summed E-state index contributed by atoms with van der Waals surface area (Å²) in [6.45, 7) is 0.201. The minimum atomic E-state index is -1.07. The highest BCUT2D eigenvalue weighted by atomic mass is 35.5. The normalized spacial score (nSPS) is 10.8. The molecular weight excluding hydrogens is 375 g/mol. The molecule has 0 aliphatic heterocycles. The summed E-state index contributed by atoms with van der Waals surface area (Å²) in [5, 5.41) is 10.1. The largest absolute Gasteiger partial charge is 0.493 e. The van der Waals surface area contributed by atoms with E-state index >= 15 is 0 Å². The number of hydrogen-bond donors (Lipinski definition) is 1. The van der Waals surface area contributed by atoms with E-state index in [9.17, 15) is 4.79 Å². The van der Waals surface area contributed by atoms with E-state index < -0.39 is 5.97 Å². The second-order valence-corrected chi connectivity index (χ2v) is 5.97. The second-order valence-electron chi connectivity index (χ2n) is 4.72. The topological polar surface area (TPSA) is 55.8 Å². The third kappa shape index (κ3) is 4.81. The Kier molecular flexibility index (Phi) is 6.37. The minimum Gasteiger partial charge on any atom is -0.493 e. The smallest absolute Gasteiger partial charge is 0.328 e. The summed E-state index contributed by atoms with van der Waals surface area (Å²) in [6, 6.07) is 8.27. The standard InChI is InChI=1S/C17H13Cl3O4/c1-23-15-6-10(3-5-17(21)22)14(20)8-16(15)24-9-11-2-4-12(18)7-13(11)19/h2-8H,9H2,1H3,(H,21,22). The predicted molar refractivity (Wildman–Crippen MR) is 95.5 cm³/mol. The summed E-state index contributed by atoms with van der Waals surface area (Å²) in [4.78, 5) is 10.6. The van der Waals surface area contributed by atoms with Gasteiger partial charge in [0.2, 0.25) is 0 Å². The summed E-state index contributed by atoms with van der Waals surface area (Å²) < 4.78 is 11.0. The SMILES string of the molecule is COc1cc(C=CC(=O)O)c(Cl)cc1OCc1ccc(Cl)cc1Cl. The Hall–Kier alpha value is -1.88. The van der Waals surface area contributed by atoms with Crippen molar-refractivity contribution >= 4 is 46.8 Å². The lowest BCUT2D eigenvalue weighted by molar-refractivity contribution is -0.131. The van der Waals surface area contributed by atoms with Crippen LogP contribution in [-0.4, -0.2) is 18.2 Å². The van der Waals surface area contributed by atoms with E-state index in [1.165, 1.54) is 13.2 Å². The van der Waals surface area contributed by atoms with Crippen LogP contribution in [-0.2, 0) is 11.4 Å². The van der Waals surface area contributed by atoms with Crippen molar-refractivity contribution in [3.8, 4) is 11.5 Å². The van der Waals surface area contributed by atoms with Gasteiger partial charge in [0.25, 0.3) is 0 Å². The number of methoxy groups -OCH3 is 1. The van der Waals surface area contributed by atoms with Gasteiger partial charge >= 0.3 is 5.97 Å². The number of carbonyl (C=O) groups is 1. The highest BCUT2D eigenvalue weighted by Gasteiger charge is 2.11. The number of carboxylic acid groups (broad SMARTS) is 1. The zero-order valence-electron chi connectivity index (χ0n) is 12.6. The Bertz CT molecular complexity index is 788. The lowest BCUT2D eigenvalue weighted by Gasteiger charge is -2.13. The molecule has 126 valence electrons.